The third-order valence-corrected chi connectivity index (χ3v) is 1.19. The summed E-state index contributed by atoms with van der Waals surface area (Å²) < 4.78 is 5.04. The second-order valence-corrected chi connectivity index (χ2v) is 3.86. The SMILES string of the molecule is C=C(C)C(N)C(=O)OC(C)(C)C. The summed E-state index contributed by atoms with van der Waals surface area (Å²) in [5.41, 5.74) is 5.63. The van der Waals surface area contributed by atoms with E-state index < -0.39 is 17.6 Å². The van der Waals surface area contributed by atoms with Crippen LogP contribution in [0.1, 0.15) is 27.7 Å². The van der Waals surface area contributed by atoms with Crippen LogP contribution < -0.4 is 5.73 Å². The van der Waals surface area contributed by atoms with Crippen molar-refractivity contribution in [2.75, 3.05) is 0 Å². The van der Waals surface area contributed by atoms with Crippen molar-refractivity contribution in [3.8, 4) is 0 Å². The fourth-order valence-corrected chi connectivity index (χ4v) is 0.566. The van der Waals surface area contributed by atoms with Crippen LogP contribution >= 0.6 is 0 Å². The fraction of sp³-hybridized carbons (Fsp3) is 0.667. The molecule has 0 rings (SSSR count). The normalized spacial score (nSPS) is 13.8. The summed E-state index contributed by atoms with van der Waals surface area (Å²) in [4.78, 5) is 11.2. The lowest BCUT2D eigenvalue weighted by Gasteiger charge is -2.22. The Bertz CT molecular complexity index is 191. The van der Waals surface area contributed by atoms with Gasteiger partial charge in [0.2, 0.25) is 0 Å². The van der Waals surface area contributed by atoms with Crippen molar-refractivity contribution in [2.24, 2.45) is 5.73 Å². The van der Waals surface area contributed by atoms with Crippen LogP contribution in [0.5, 0.6) is 0 Å². The molecule has 0 saturated carbocycles. The van der Waals surface area contributed by atoms with E-state index in [4.69, 9.17) is 10.5 Å². The Hall–Kier alpha value is -0.830. The second-order valence-electron chi connectivity index (χ2n) is 3.86. The molecule has 0 heterocycles. The third kappa shape index (κ3) is 4.13. The van der Waals surface area contributed by atoms with Crippen molar-refractivity contribution in [3.05, 3.63) is 12.2 Å². The van der Waals surface area contributed by atoms with Crippen molar-refractivity contribution in [2.45, 2.75) is 39.3 Å². The predicted octanol–water partition coefficient (Wildman–Crippen LogP) is 1.23. The molecule has 0 spiro atoms. The highest BCUT2D eigenvalue weighted by Gasteiger charge is 2.22. The molecule has 0 saturated heterocycles. The average molecular weight is 171 g/mol. The number of ether oxygens (including phenoxy) is 1. The van der Waals surface area contributed by atoms with Gasteiger partial charge in [0.15, 0.2) is 0 Å². The number of nitrogens with two attached hydrogens (primary N) is 1. The van der Waals surface area contributed by atoms with E-state index >= 15 is 0 Å². The maximum absolute atomic E-state index is 11.2. The molecular weight excluding hydrogens is 154 g/mol. The molecule has 0 amide bonds. The minimum Gasteiger partial charge on any atom is -0.459 e. The molecule has 0 fully saturated rings. The fourth-order valence-electron chi connectivity index (χ4n) is 0.566. The summed E-state index contributed by atoms with van der Waals surface area (Å²) >= 11 is 0. The van der Waals surface area contributed by atoms with Crippen LogP contribution in [0.15, 0.2) is 12.2 Å². The molecular formula is C9H17NO2. The number of hydrogen-bond acceptors (Lipinski definition) is 3. The number of rotatable bonds is 2. The molecule has 0 radical (unpaired) electrons. The number of hydrogen-bond donors (Lipinski definition) is 1. The smallest absolute Gasteiger partial charge is 0.327 e. The van der Waals surface area contributed by atoms with E-state index in [0.29, 0.717) is 5.57 Å². The summed E-state index contributed by atoms with van der Waals surface area (Å²) in [7, 11) is 0. The Morgan fingerprint density at radius 2 is 1.92 bits per heavy atom. The minimum atomic E-state index is -0.704. The van der Waals surface area contributed by atoms with E-state index in [1.807, 2.05) is 0 Å². The van der Waals surface area contributed by atoms with Gasteiger partial charge in [-0.3, -0.25) is 0 Å². The van der Waals surface area contributed by atoms with Gasteiger partial charge in [-0.1, -0.05) is 12.2 Å². The molecule has 70 valence electrons. The zero-order chi connectivity index (χ0) is 9.94. The number of carbonyl (C=O) groups excluding carboxylic acids is 1. The lowest BCUT2D eigenvalue weighted by Crippen LogP contribution is -2.37. The molecule has 0 bridgehead atoms. The van der Waals surface area contributed by atoms with Gasteiger partial charge in [-0.2, -0.15) is 0 Å². The zero-order valence-electron chi connectivity index (χ0n) is 8.18. The van der Waals surface area contributed by atoms with Crippen LogP contribution in [0.2, 0.25) is 0 Å². The maximum atomic E-state index is 11.2. The van der Waals surface area contributed by atoms with Gasteiger partial charge in [0.25, 0.3) is 0 Å². The van der Waals surface area contributed by atoms with Crippen LogP contribution in [0.4, 0.5) is 0 Å². The molecule has 1 atom stereocenters. The van der Waals surface area contributed by atoms with Gasteiger partial charge < -0.3 is 10.5 Å². The Morgan fingerprint density at radius 1 is 1.50 bits per heavy atom. The van der Waals surface area contributed by atoms with Crippen molar-refractivity contribution < 1.29 is 9.53 Å². The summed E-state index contributed by atoms with van der Waals surface area (Å²) in [6.45, 7) is 10.7. The van der Waals surface area contributed by atoms with E-state index in [1.54, 1.807) is 27.7 Å². The first-order valence-corrected chi connectivity index (χ1v) is 3.88. The van der Waals surface area contributed by atoms with Gasteiger partial charge >= 0.3 is 5.97 Å². The molecule has 2 N–H and O–H groups in total. The van der Waals surface area contributed by atoms with E-state index in [0.717, 1.165) is 0 Å². The molecule has 0 aliphatic carbocycles. The van der Waals surface area contributed by atoms with Crippen LogP contribution in [0, 0.1) is 0 Å². The third-order valence-electron chi connectivity index (χ3n) is 1.19. The Morgan fingerprint density at radius 3 is 2.17 bits per heavy atom. The average Bonchev–Trinajstić information content (AvgIpc) is 1.82. The summed E-state index contributed by atoms with van der Waals surface area (Å²) in [6, 6.07) is -0.704. The molecule has 3 nitrogen and oxygen atoms in total. The predicted molar refractivity (Wildman–Crippen MR) is 48.6 cm³/mol. The number of esters is 1. The second kappa shape index (κ2) is 3.72. The molecule has 1 unspecified atom stereocenters. The van der Waals surface area contributed by atoms with Crippen LogP contribution in [-0.4, -0.2) is 17.6 Å². The van der Waals surface area contributed by atoms with Gasteiger partial charge in [0, 0.05) is 0 Å². The van der Waals surface area contributed by atoms with Gasteiger partial charge in [0.1, 0.15) is 11.6 Å². The van der Waals surface area contributed by atoms with E-state index in [1.165, 1.54) is 0 Å². The first-order valence-electron chi connectivity index (χ1n) is 3.88. The minimum absolute atomic E-state index is 0.421. The molecule has 0 aromatic heterocycles. The standard InChI is InChI=1S/C9H17NO2/c1-6(2)7(10)8(11)12-9(3,4)5/h7H,1,10H2,2-5H3. The molecule has 0 aromatic rings. The highest BCUT2D eigenvalue weighted by atomic mass is 16.6. The summed E-state index contributed by atoms with van der Waals surface area (Å²) in [6.07, 6.45) is 0. The van der Waals surface area contributed by atoms with Gasteiger partial charge in [0.05, 0.1) is 0 Å². The van der Waals surface area contributed by atoms with Gasteiger partial charge in [-0.25, -0.2) is 4.79 Å². The van der Waals surface area contributed by atoms with E-state index in [2.05, 4.69) is 6.58 Å². The van der Waals surface area contributed by atoms with E-state index in [9.17, 15) is 4.79 Å². The maximum Gasteiger partial charge on any atom is 0.327 e. The monoisotopic (exact) mass is 171 g/mol. The molecule has 3 heteroatoms. The van der Waals surface area contributed by atoms with Crippen molar-refractivity contribution in [1.82, 2.24) is 0 Å². The highest BCUT2D eigenvalue weighted by molar-refractivity contribution is 5.79. The lowest BCUT2D eigenvalue weighted by molar-refractivity contribution is -0.155. The Labute approximate surface area is 73.6 Å². The van der Waals surface area contributed by atoms with Gasteiger partial charge in [-0.05, 0) is 27.7 Å². The topological polar surface area (TPSA) is 52.3 Å². The molecule has 0 aliphatic heterocycles. The Kier molecular flexibility index (Phi) is 3.46. The number of carbonyl (C=O) groups is 1. The largest absolute Gasteiger partial charge is 0.459 e. The first-order chi connectivity index (χ1) is 5.24. The summed E-state index contributed by atoms with van der Waals surface area (Å²) in [5, 5.41) is 0. The zero-order valence-corrected chi connectivity index (χ0v) is 8.18. The lowest BCUT2D eigenvalue weighted by atomic mass is 10.1. The van der Waals surface area contributed by atoms with Gasteiger partial charge in [-0.15, -0.1) is 0 Å². The van der Waals surface area contributed by atoms with Crippen LogP contribution in [-0.2, 0) is 9.53 Å². The van der Waals surface area contributed by atoms with E-state index in [-0.39, 0.29) is 0 Å². The Balaban J connectivity index is 4.15. The quantitative estimate of drug-likeness (QED) is 0.502. The van der Waals surface area contributed by atoms with Crippen molar-refractivity contribution in [3.63, 3.8) is 0 Å². The van der Waals surface area contributed by atoms with Crippen LogP contribution in [0.3, 0.4) is 0 Å². The van der Waals surface area contributed by atoms with Crippen molar-refractivity contribution in [1.29, 1.82) is 0 Å². The van der Waals surface area contributed by atoms with Crippen LogP contribution in [0.25, 0.3) is 0 Å². The molecule has 12 heavy (non-hydrogen) atoms. The molecule has 0 aliphatic rings. The highest BCUT2D eigenvalue weighted by Crippen LogP contribution is 2.09. The molecule has 0 aromatic carbocycles. The first kappa shape index (κ1) is 11.2. The van der Waals surface area contributed by atoms with Crippen molar-refractivity contribution >= 4 is 5.97 Å². The summed E-state index contributed by atoms with van der Waals surface area (Å²) in [5.74, 6) is -0.421.